The lowest BCUT2D eigenvalue weighted by molar-refractivity contribution is 0.0319. The Balaban J connectivity index is 2.69. The van der Waals surface area contributed by atoms with Gasteiger partial charge < -0.3 is 10.2 Å². The fourth-order valence-corrected chi connectivity index (χ4v) is 1.23. The molecule has 0 saturated heterocycles. The molecule has 0 amide bonds. The molecule has 0 unspecified atom stereocenters. The Kier molecular flexibility index (Phi) is 3.46. The summed E-state index contributed by atoms with van der Waals surface area (Å²) in [6, 6.07) is 7.88. The number of benzene rings is 1. The summed E-state index contributed by atoms with van der Waals surface area (Å²) < 4.78 is 0. The van der Waals surface area contributed by atoms with Gasteiger partial charge in [0.05, 0.1) is 12.2 Å². The van der Waals surface area contributed by atoms with E-state index in [0.717, 1.165) is 11.1 Å². The van der Waals surface area contributed by atoms with Crippen LogP contribution in [0.25, 0.3) is 0 Å². The minimum absolute atomic E-state index is 0.518. The van der Waals surface area contributed by atoms with E-state index in [1.807, 2.05) is 31.2 Å². The molecule has 0 aromatic heterocycles. The van der Waals surface area contributed by atoms with E-state index in [4.69, 9.17) is 5.11 Å². The first-order chi connectivity index (χ1) is 6.11. The van der Waals surface area contributed by atoms with E-state index in [-0.39, 0.29) is 0 Å². The van der Waals surface area contributed by atoms with Crippen molar-refractivity contribution in [1.82, 2.24) is 0 Å². The Morgan fingerprint density at radius 1 is 1.23 bits per heavy atom. The summed E-state index contributed by atoms with van der Waals surface area (Å²) in [6.45, 7) is 3.60. The highest BCUT2D eigenvalue weighted by atomic mass is 16.3. The molecule has 0 heterocycles. The molecule has 2 N–H and O–H groups in total. The highest BCUT2D eigenvalue weighted by Crippen LogP contribution is 2.11. The predicted molar refractivity (Wildman–Crippen MR) is 52.6 cm³/mol. The van der Waals surface area contributed by atoms with Crippen molar-refractivity contribution in [2.75, 3.05) is 0 Å². The summed E-state index contributed by atoms with van der Waals surface area (Å²) in [6.07, 6.45) is -0.814. The lowest BCUT2D eigenvalue weighted by atomic mass is 10.0. The van der Waals surface area contributed by atoms with Gasteiger partial charge in [-0.1, -0.05) is 24.3 Å². The van der Waals surface area contributed by atoms with Gasteiger partial charge in [-0.2, -0.15) is 0 Å². The summed E-state index contributed by atoms with van der Waals surface area (Å²) >= 11 is 0. The molecule has 2 heteroatoms. The molecule has 2 nitrogen and oxygen atoms in total. The Morgan fingerprint density at radius 3 is 2.38 bits per heavy atom. The minimum atomic E-state index is -0.667. The summed E-state index contributed by atoms with van der Waals surface area (Å²) in [5, 5.41) is 18.6. The average molecular weight is 180 g/mol. The molecule has 0 fully saturated rings. The van der Waals surface area contributed by atoms with Gasteiger partial charge in [0.2, 0.25) is 0 Å². The quantitative estimate of drug-likeness (QED) is 0.735. The molecule has 0 aliphatic carbocycles. The fourth-order valence-electron chi connectivity index (χ4n) is 1.23. The normalized spacial score (nSPS) is 15.4. The smallest absolute Gasteiger partial charge is 0.0836 e. The highest BCUT2D eigenvalue weighted by molar-refractivity contribution is 5.26. The number of aliphatic hydroxyl groups excluding tert-OH is 2. The fraction of sp³-hybridized carbons (Fsp3) is 0.455. The van der Waals surface area contributed by atoms with Crippen molar-refractivity contribution in [3.8, 4) is 0 Å². The predicted octanol–water partition coefficient (Wildman–Crippen LogP) is 1.28. The molecule has 2 atom stereocenters. The Bertz CT molecular complexity index is 269. The van der Waals surface area contributed by atoms with Crippen LogP contribution in [-0.2, 0) is 6.42 Å². The number of hydrogen-bond acceptors (Lipinski definition) is 2. The Labute approximate surface area is 78.8 Å². The number of aliphatic hydroxyl groups is 2. The van der Waals surface area contributed by atoms with Crippen LogP contribution >= 0.6 is 0 Å². The zero-order valence-electron chi connectivity index (χ0n) is 8.07. The molecule has 1 aromatic rings. The van der Waals surface area contributed by atoms with E-state index in [1.54, 1.807) is 6.92 Å². The first kappa shape index (κ1) is 10.2. The second-order valence-electron chi connectivity index (χ2n) is 3.44. The van der Waals surface area contributed by atoms with Crippen LogP contribution in [-0.4, -0.2) is 22.4 Å². The van der Waals surface area contributed by atoms with E-state index in [9.17, 15) is 5.11 Å². The molecule has 0 bridgehead atoms. The van der Waals surface area contributed by atoms with Gasteiger partial charge in [0.1, 0.15) is 0 Å². The summed E-state index contributed by atoms with van der Waals surface area (Å²) in [5.74, 6) is 0. The second kappa shape index (κ2) is 4.40. The zero-order valence-corrected chi connectivity index (χ0v) is 8.07. The van der Waals surface area contributed by atoms with Crippen molar-refractivity contribution in [1.29, 1.82) is 0 Å². The highest BCUT2D eigenvalue weighted by Gasteiger charge is 2.12. The minimum Gasteiger partial charge on any atom is -0.391 e. The van der Waals surface area contributed by atoms with Crippen LogP contribution in [0.2, 0.25) is 0 Å². The first-order valence-corrected chi connectivity index (χ1v) is 4.52. The summed E-state index contributed by atoms with van der Waals surface area (Å²) in [4.78, 5) is 0. The van der Waals surface area contributed by atoms with Gasteiger partial charge in [0.25, 0.3) is 0 Å². The standard InChI is InChI=1S/C11H16O2/c1-8-5-3-4-6-10(8)7-11(13)9(2)12/h3-6,9,11-13H,7H2,1-2H3/t9-,11+/m1/s1. The maximum absolute atomic E-state index is 9.45. The summed E-state index contributed by atoms with van der Waals surface area (Å²) in [7, 11) is 0. The lowest BCUT2D eigenvalue weighted by Gasteiger charge is -2.14. The van der Waals surface area contributed by atoms with E-state index < -0.39 is 12.2 Å². The Hall–Kier alpha value is -0.860. The largest absolute Gasteiger partial charge is 0.391 e. The van der Waals surface area contributed by atoms with Crippen LogP contribution in [0.1, 0.15) is 18.1 Å². The maximum Gasteiger partial charge on any atom is 0.0836 e. The van der Waals surface area contributed by atoms with Crippen molar-refractivity contribution in [3.05, 3.63) is 35.4 Å². The summed E-state index contributed by atoms with van der Waals surface area (Å²) in [5.41, 5.74) is 2.25. The van der Waals surface area contributed by atoms with Crippen LogP contribution < -0.4 is 0 Å². The van der Waals surface area contributed by atoms with Gasteiger partial charge >= 0.3 is 0 Å². The topological polar surface area (TPSA) is 40.5 Å². The zero-order chi connectivity index (χ0) is 9.84. The third kappa shape index (κ3) is 2.83. The second-order valence-corrected chi connectivity index (χ2v) is 3.44. The molecule has 0 aliphatic heterocycles. The van der Waals surface area contributed by atoms with Crippen molar-refractivity contribution >= 4 is 0 Å². The van der Waals surface area contributed by atoms with Gasteiger partial charge in [-0.05, 0) is 25.0 Å². The molecule has 0 saturated carbocycles. The van der Waals surface area contributed by atoms with E-state index in [0.29, 0.717) is 6.42 Å². The van der Waals surface area contributed by atoms with Gasteiger partial charge in [-0.15, -0.1) is 0 Å². The maximum atomic E-state index is 9.45. The van der Waals surface area contributed by atoms with E-state index >= 15 is 0 Å². The van der Waals surface area contributed by atoms with Gasteiger partial charge in [-0.25, -0.2) is 0 Å². The number of aryl methyl sites for hydroxylation is 1. The van der Waals surface area contributed by atoms with Crippen molar-refractivity contribution in [2.24, 2.45) is 0 Å². The van der Waals surface area contributed by atoms with Crippen LogP contribution in [0, 0.1) is 6.92 Å². The Morgan fingerprint density at radius 2 is 1.85 bits per heavy atom. The molecule has 13 heavy (non-hydrogen) atoms. The first-order valence-electron chi connectivity index (χ1n) is 4.52. The van der Waals surface area contributed by atoms with Gasteiger partial charge in [-0.3, -0.25) is 0 Å². The number of hydrogen-bond donors (Lipinski definition) is 2. The molecular formula is C11H16O2. The van der Waals surface area contributed by atoms with Gasteiger partial charge in [0.15, 0.2) is 0 Å². The molecule has 1 rings (SSSR count). The molecule has 0 radical (unpaired) electrons. The van der Waals surface area contributed by atoms with Crippen LogP contribution in [0.4, 0.5) is 0 Å². The van der Waals surface area contributed by atoms with Crippen molar-refractivity contribution < 1.29 is 10.2 Å². The molecule has 0 aliphatic rings. The van der Waals surface area contributed by atoms with E-state index in [1.165, 1.54) is 0 Å². The molecular weight excluding hydrogens is 164 g/mol. The molecule has 0 spiro atoms. The van der Waals surface area contributed by atoms with E-state index in [2.05, 4.69) is 0 Å². The third-order valence-electron chi connectivity index (χ3n) is 2.25. The van der Waals surface area contributed by atoms with Crippen LogP contribution in [0.3, 0.4) is 0 Å². The lowest BCUT2D eigenvalue weighted by Crippen LogP contribution is -2.25. The average Bonchev–Trinajstić information content (AvgIpc) is 2.08. The van der Waals surface area contributed by atoms with Crippen molar-refractivity contribution in [2.45, 2.75) is 32.5 Å². The number of rotatable bonds is 3. The van der Waals surface area contributed by atoms with Crippen molar-refractivity contribution in [3.63, 3.8) is 0 Å². The van der Waals surface area contributed by atoms with Crippen LogP contribution in [0.15, 0.2) is 24.3 Å². The molecule has 1 aromatic carbocycles. The van der Waals surface area contributed by atoms with Crippen LogP contribution in [0.5, 0.6) is 0 Å². The SMILES string of the molecule is Cc1ccccc1C[C@H](O)[C@@H](C)O. The monoisotopic (exact) mass is 180 g/mol. The third-order valence-corrected chi connectivity index (χ3v) is 2.25. The van der Waals surface area contributed by atoms with Gasteiger partial charge in [0, 0.05) is 6.42 Å². The molecule has 72 valence electrons.